The molecule has 0 atom stereocenters. The molecular weight excluding hydrogens is 242 g/mol. The first-order chi connectivity index (χ1) is 8.95. The lowest BCUT2D eigenvalue weighted by molar-refractivity contribution is -0.905. The summed E-state index contributed by atoms with van der Waals surface area (Å²) in [6.07, 6.45) is 4.23. The second kappa shape index (κ2) is 8.57. The molecule has 1 saturated heterocycles. The Morgan fingerprint density at radius 1 is 1.00 bits per heavy atom. The molecule has 1 aromatic rings. The normalized spacial score (nSPS) is 16.9. The molecule has 1 aliphatic heterocycles. The van der Waals surface area contributed by atoms with Gasteiger partial charge < -0.3 is 9.64 Å². The third kappa shape index (κ3) is 5.42. The van der Waals surface area contributed by atoms with Gasteiger partial charge in [0.05, 0.1) is 26.3 Å². The van der Waals surface area contributed by atoms with Crippen LogP contribution in [0.3, 0.4) is 0 Å². The number of likely N-dealkylation sites (tertiary alicyclic amines) is 1. The van der Waals surface area contributed by atoms with Crippen molar-refractivity contribution in [3.05, 3.63) is 30.3 Å². The van der Waals surface area contributed by atoms with Gasteiger partial charge in [-0.25, -0.2) is 0 Å². The molecule has 0 unspecified atom stereocenters. The molecule has 2 rings (SSSR count). The van der Waals surface area contributed by atoms with Crippen LogP contribution in [0.5, 0.6) is 0 Å². The van der Waals surface area contributed by atoms with Gasteiger partial charge in [-0.1, -0.05) is 18.2 Å². The van der Waals surface area contributed by atoms with Crippen molar-refractivity contribution in [1.82, 2.24) is 0 Å². The standard InChI is InChI=1S/C15H23NOS/c1-3-7-15(8-4-1)18-14-13-17-12-11-16-9-5-2-6-10-16/h1,3-4,7-8H,2,5-6,9-14H2/p+1. The molecule has 0 aromatic heterocycles. The molecule has 1 aromatic carbocycles. The van der Waals surface area contributed by atoms with Crippen molar-refractivity contribution in [2.45, 2.75) is 24.2 Å². The SMILES string of the molecule is c1ccc(SCCOCC[NH+]2CCCCC2)cc1. The summed E-state index contributed by atoms with van der Waals surface area (Å²) in [5.74, 6) is 1.05. The lowest BCUT2D eigenvalue weighted by Crippen LogP contribution is -3.13. The molecule has 1 heterocycles. The second-order valence-electron chi connectivity index (χ2n) is 4.83. The number of benzene rings is 1. The van der Waals surface area contributed by atoms with E-state index >= 15 is 0 Å². The van der Waals surface area contributed by atoms with Crippen LogP contribution in [0, 0.1) is 0 Å². The molecule has 0 radical (unpaired) electrons. The van der Waals surface area contributed by atoms with E-state index in [0.29, 0.717) is 0 Å². The van der Waals surface area contributed by atoms with E-state index in [1.165, 1.54) is 43.8 Å². The van der Waals surface area contributed by atoms with E-state index in [0.717, 1.165) is 19.0 Å². The number of hydrogen-bond acceptors (Lipinski definition) is 2. The number of ether oxygens (including phenoxy) is 1. The third-order valence-electron chi connectivity index (χ3n) is 3.40. The summed E-state index contributed by atoms with van der Waals surface area (Å²) in [6, 6.07) is 10.5. The van der Waals surface area contributed by atoms with Crippen LogP contribution in [0.2, 0.25) is 0 Å². The van der Waals surface area contributed by atoms with Crippen molar-refractivity contribution in [3.63, 3.8) is 0 Å². The molecule has 0 bridgehead atoms. The first-order valence-corrected chi connectivity index (χ1v) is 8.03. The second-order valence-corrected chi connectivity index (χ2v) is 6.00. The van der Waals surface area contributed by atoms with Gasteiger partial charge in [-0.3, -0.25) is 0 Å². The van der Waals surface area contributed by atoms with Gasteiger partial charge >= 0.3 is 0 Å². The lowest BCUT2D eigenvalue weighted by atomic mass is 10.1. The number of thioether (sulfide) groups is 1. The summed E-state index contributed by atoms with van der Waals surface area (Å²) < 4.78 is 5.72. The molecule has 1 fully saturated rings. The highest BCUT2D eigenvalue weighted by Gasteiger charge is 2.12. The number of nitrogens with one attached hydrogen (secondary N) is 1. The Kier molecular flexibility index (Phi) is 6.62. The van der Waals surface area contributed by atoms with Crippen LogP contribution in [0.25, 0.3) is 0 Å². The topological polar surface area (TPSA) is 13.7 Å². The Balaban J connectivity index is 1.46. The van der Waals surface area contributed by atoms with E-state index in [1.807, 2.05) is 11.8 Å². The lowest BCUT2D eigenvalue weighted by Gasteiger charge is -2.23. The van der Waals surface area contributed by atoms with E-state index in [4.69, 9.17) is 4.74 Å². The van der Waals surface area contributed by atoms with Gasteiger partial charge in [-0.05, 0) is 31.4 Å². The van der Waals surface area contributed by atoms with Gasteiger partial charge in [-0.2, -0.15) is 0 Å². The number of piperidine rings is 1. The van der Waals surface area contributed by atoms with Gasteiger partial charge in [0.15, 0.2) is 0 Å². The Morgan fingerprint density at radius 2 is 1.78 bits per heavy atom. The largest absolute Gasteiger partial charge is 0.375 e. The maximum absolute atomic E-state index is 5.72. The number of rotatable bonds is 7. The monoisotopic (exact) mass is 266 g/mol. The molecule has 2 nitrogen and oxygen atoms in total. The highest BCUT2D eigenvalue weighted by Crippen LogP contribution is 2.16. The Labute approximate surface area is 115 Å². The minimum atomic E-state index is 0.868. The molecule has 1 N–H and O–H groups in total. The Bertz CT molecular complexity index is 312. The zero-order valence-electron chi connectivity index (χ0n) is 11.1. The average Bonchev–Trinajstić information content (AvgIpc) is 2.45. The van der Waals surface area contributed by atoms with Crippen LogP contribution in [0.1, 0.15) is 19.3 Å². The fourth-order valence-electron chi connectivity index (χ4n) is 2.36. The molecule has 0 spiro atoms. The number of hydrogen-bond donors (Lipinski definition) is 1. The van der Waals surface area contributed by atoms with Crippen LogP contribution in [0.4, 0.5) is 0 Å². The van der Waals surface area contributed by atoms with Crippen molar-refractivity contribution in [2.24, 2.45) is 0 Å². The summed E-state index contributed by atoms with van der Waals surface area (Å²) in [5.41, 5.74) is 0. The summed E-state index contributed by atoms with van der Waals surface area (Å²) in [6.45, 7) is 5.68. The van der Waals surface area contributed by atoms with Crippen LogP contribution in [-0.2, 0) is 4.74 Å². The quantitative estimate of drug-likeness (QED) is 0.598. The highest BCUT2D eigenvalue weighted by molar-refractivity contribution is 7.99. The summed E-state index contributed by atoms with van der Waals surface area (Å²) in [5, 5.41) is 0. The highest BCUT2D eigenvalue weighted by atomic mass is 32.2. The Morgan fingerprint density at radius 3 is 2.56 bits per heavy atom. The van der Waals surface area contributed by atoms with E-state index in [9.17, 15) is 0 Å². The van der Waals surface area contributed by atoms with Crippen molar-refractivity contribution in [2.75, 3.05) is 38.6 Å². The first kappa shape index (κ1) is 13.9. The van der Waals surface area contributed by atoms with E-state index in [2.05, 4.69) is 30.3 Å². The van der Waals surface area contributed by atoms with Gasteiger partial charge in [-0.15, -0.1) is 11.8 Å². The average molecular weight is 266 g/mol. The van der Waals surface area contributed by atoms with Crippen LogP contribution >= 0.6 is 11.8 Å². The zero-order chi connectivity index (χ0) is 12.5. The number of quaternary nitrogens is 1. The zero-order valence-corrected chi connectivity index (χ0v) is 11.9. The van der Waals surface area contributed by atoms with E-state index in [-0.39, 0.29) is 0 Å². The molecule has 0 saturated carbocycles. The molecule has 0 amide bonds. The van der Waals surface area contributed by atoms with Crippen molar-refractivity contribution in [1.29, 1.82) is 0 Å². The molecule has 0 aliphatic carbocycles. The smallest absolute Gasteiger partial charge is 0.101 e. The van der Waals surface area contributed by atoms with E-state index in [1.54, 1.807) is 4.90 Å². The van der Waals surface area contributed by atoms with Gasteiger partial charge in [0.25, 0.3) is 0 Å². The molecular formula is C15H24NOS+. The maximum atomic E-state index is 5.72. The molecule has 100 valence electrons. The minimum absolute atomic E-state index is 0.868. The van der Waals surface area contributed by atoms with Crippen LogP contribution in [-0.4, -0.2) is 38.6 Å². The molecule has 18 heavy (non-hydrogen) atoms. The third-order valence-corrected chi connectivity index (χ3v) is 4.38. The molecule has 3 heteroatoms. The van der Waals surface area contributed by atoms with Gasteiger partial charge in [0, 0.05) is 10.6 Å². The van der Waals surface area contributed by atoms with Crippen molar-refractivity contribution >= 4 is 11.8 Å². The summed E-state index contributed by atoms with van der Waals surface area (Å²) in [4.78, 5) is 3.07. The maximum Gasteiger partial charge on any atom is 0.101 e. The van der Waals surface area contributed by atoms with E-state index < -0.39 is 0 Å². The molecule has 1 aliphatic rings. The summed E-state index contributed by atoms with van der Waals surface area (Å²) in [7, 11) is 0. The van der Waals surface area contributed by atoms with Crippen LogP contribution < -0.4 is 4.90 Å². The predicted molar refractivity (Wildman–Crippen MR) is 77.4 cm³/mol. The van der Waals surface area contributed by atoms with Gasteiger partial charge in [0.1, 0.15) is 6.54 Å². The first-order valence-electron chi connectivity index (χ1n) is 7.04. The predicted octanol–water partition coefficient (Wildman–Crippen LogP) is 1.86. The fraction of sp³-hybridized carbons (Fsp3) is 0.600. The summed E-state index contributed by atoms with van der Waals surface area (Å²) >= 11 is 1.87. The minimum Gasteiger partial charge on any atom is -0.375 e. The fourth-order valence-corrected chi connectivity index (χ4v) is 3.14. The van der Waals surface area contributed by atoms with Gasteiger partial charge in [0.2, 0.25) is 0 Å². The van der Waals surface area contributed by atoms with Crippen molar-refractivity contribution < 1.29 is 9.64 Å². The Hall–Kier alpha value is -0.510. The van der Waals surface area contributed by atoms with Crippen LogP contribution in [0.15, 0.2) is 35.2 Å². The van der Waals surface area contributed by atoms with Crippen molar-refractivity contribution in [3.8, 4) is 0 Å².